The van der Waals surface area contributed by atoms with Gasteiger partial charge in [0.15, 0.2) is 0 Å². The van der Waals surface area contributed by atoms with E-state index in [-0.39, 0.29) is 5.92 Å². The van der Waals surface area contributed by atoms with Crippen molar-refractivity contribution in [3.8, 4) is 0 Å². The topological polar surface area (TPSA) is 17.1 Å². The average Bonchev–Trinajstić information content (AvgIpc) is 2.01. The maximum atomic E-state index is 10.3. The van der Waals surface area contributed by atoms with E-state index in [1.165, 1.54) is 0 Å². The Kier molecular flexibility index (Phi) is 3.12. The van der Waals surface area contributed by atoms with Crippen LogP contribution in [0.3, 0.4) is 0 Å². The Hall–Kier alpha value is -0.530. The second-order valence-corrected chi connectivity index (χ2v) is 3.42. The molecule has 0 aliphatic carbocycles. The number of hydrogen-bond acceptors (Lipinski definition) is 1. The van der Waals surface area contributed by atoms with E-state index in [4.69, 9.17) is 23.2 Å². The lowest BCUT2D eigenvalue weighted by atomic mass is 10.0. The van der Waals surface area contributed by atoms with Gasteiger partial charge >= 0.3 is 0 Å². The molecule has 0 amide bonds. The highest BCUT2D eigenvalue weighted by Gasteiger charge is 2.06. The number of benzene rings is 1. The summed E-state index contributed by atoms with van der Waals surface area (Å²) in [4.78, 5) is 10.3. The lowest BCUT2D eigenvalue weighted by Crippen LogP contribution is -1.93. The molecular formula is C9H7Cl2O. The van der Waals surface area contributed by atoms with Gasteiger partial charge in [-0.3, -0.25) is 4.79 Å². The third-order valence-corrected chi connectivity index (χ3v) is 2.00. The van der Waals surface area contributed by atoms with Crippen LogP contribution >= 0.6 is 23.2 Å². The maximum Gasteiger partial charge on any atom is 0.206 e. The molecule has 0 saturated carbocycles. The molecule has 0 spiro atoms. The highest BCUT2D eigenvalue weighted by atomic mass is 35.5. The summed E-state index contributed by atoms with van der Waals surface area (Å²) in [5, 5.41) is 1.08. The quantitative estimate of drug-likeness (QED) is 0.719. The molecule has 0 aliphatic rings. The molecule has 0 N–H and O–H groups in total. The Bertz CT molecular complexity index is 276. The molecule has 0 aromatic heterocycles. The molecule has 0 saturated heterocycles. The molecule has 3 heteroatoms. The lowest BCUT2D eigenvalue weighted by molar-refractivity contribution is 0.546. The van der Waals surface area contributed by atoms with Crippen molar-refractivity contribution >= 4 is 29.5 Å². The fourth-order valence-electron chi connectivity index (χ4n) is 0.893. The van der Waals surface area contributed by atoms with Crippen LogP contribution in [0.5, 0.6) is 0 Å². The van der Waals surface area contributed by atoms with E-state index in [1.807, 2.05) is 6.29 Å². The van der Waals surface area contributed by atoms with E-state index in [0.29, 0.717) is 10.0 Å². The van der Waals surface area contributed by atoms with Crippen molar-refractivity contribution < 1.29 is 4.79 Å². The fourth-order valence-corrected chi connectivity index (χ4v) is 1.44. The molecule has 12 heavy (non-hydrogen) atoms. The Morgan fingerprint density at radius 2 is 1.75 bits per heavy atom. The predicted molar refractivity (Wildman–Crippen MR) is 50.6 cm³/mol. The van der Waals surface area contributed by atoms with E-state index in [0.717, 1.165) is 5.56 Å². The lowest BCUT2D eigenvalue weighted by Gasteiger charge is -2.03. The zero-order chi connectivity index (χ0) is 9.14. The molecule has 0 heterocycles. The van der Waals surface area contributed by atoms with Crippen molar-refractivity contribution in [3.05, 3.63) is 33.8 Å². The van der Waals surface area contributed by atoms with Gasteiger partial charge in [-0.2, -0.15) is 0 Å². The Morgan fingerprint density at radius 3 is 2.17 bits per heavy atom. The van der Waals surface area contributed by atoms with Gasteiger partial charge in [0, 0.05) is 16.0 Å². The second-order valence-electron chi connectivity index (χ2n) is 2.54. The standard InChI is InChI=1S/C9H7Cl2O/c1-6(5-12)7-2-8(10)4-9(11)3-7/h2-4,6H,1H3. The summed E-state index contributed by atoms with van der Waals surface area (Å²) in [6.45, 7) is 1.75. The Morgan fingerprint density at radius 1 is 1.25 bits per heavy atom. The normalized spacial score (nSPS) is 12.6. The highest BCUT2D eigenvalue weighted by molar-refractivity contribution is 6.34. The van der Waals surface area contributed by atoms with E-state index >= 15 is 0 Å². The van der Waals surface area contributed by atoms with Crippen molar-refractivity contribution in [2.45, 2.75) is 12.8 Å². The van der Waals surface area contributed by atoms with Gasteiger partial charge in [0.2, 0.25) is 6.29 Å². The SMILES string of the molecule is CC([C]=O)c1cc(Cl)cc(Cl)c1. The molecule has 1 unspecified atom stereocenters. The first-order chi connectivity index (χ1) is 5.63. The minimum atomic E-state index is -0.277. The van der Waals surface area contributed by atoms with Crippen molar-refractivity contribution in [3.63, 3.8) is 0 Å². The molecule has 63 valence electrons. The monoisotopic (exact) mass is 201 g/mol. The first-order valence-corrected chi connectivity index (χ1v) is 4.22. The summed E-state index contributed by atoms with van der Waals surface area (Å²) in [6.07, 6.45) is 1.87. The van der Waals surface area contributed by atoms with Gasteiger partial charge in [-0.25, -0.2) is 0 Å². The third kappa shape index (κ3) is 2.23. The molecule has 1 aromatic rings. The summed E-state index contributed by atoms with van der Waals surface area (Å²) >= 11 is 11.5. The van der Waals surface area contributed by atoms with E-state index in [2.05, 4.69) is 0 Å². The van der Waals surface area contributed by atoms with Gasteiger partial charge in [0.25, 0.3) is 0 Å². The maximum absolute atomic E-state index is 10.3. The molecule has 1 radical (unpaired) electrons. The number of carbonyl (C=O) groups excluding carboxylic acids is 1. The van der Waals surface area contributed by atoms with Crippen molar-refractivity contribution in [2.24, 2.45) is 0 Å². The number of halogens is 2. The van der Waals surface area contributed by atoms with Crippen LogP contribution in [0.2, 0.25) is 10.0 Å². The van der Waals surface area contributed by atoms with Crippen molar-refractivity contribution in [1.29, 1.82) is 0 Å². The van der Waals surface area contributed by atoms with Gasteiger partial charge in [0.05, 0.1) is 0 Å². The van der Waals surface area contributed by atoms with Crippen LogP contribution in [0.4, 0.5) is 0 Å². The second kappa shape index (κ2) is 3.92. The van der Waals surface area contributed by atoms with E-state index in [9.17, 15) is 4.79 Å². The summed E-state index contributed by atoms with van der Waals surface area (Å²) in [6, 6.07) is 5.05. The summed E-state index contributed by atoms with van der Waals surface area (Å²) < 4.78 is 0. The van der Waals surface area contributed by atoms with Crippen molar-refractivity contribution in [1.82, 2.24) is 0 Å². The summed E-state index contributed by atoms with van der Waals surface area (Å²) in [5.41, 5.74) is 0.794. The molecule has 1 nitrogen and oxygen atoms in total. The minimum absolute atomic E-state index is 0.277. The number of hydrogen-bond donors (Lipinski definition) is 0. The molecule has 1 rings (SSSR count). The minimum Gasteiger partial charge on any atom is -0.290 e. The van der Waals surface area contributed by atoms with Gasteiger partial charge < -0.3 is 0 Å². The van der Waals surface area contributed by atoms with Crippen LogP contribution in [0.1, 0.15) is 18.4 Å². The van der Waals surface area contributed by atoms with Gasteiger partial charge in [-0.15, -0.1) is 0 Å². The van der Waals surface area contributed by atoms with Crippen molar-refractivity contribution in [2.75, 3.05) is 0 Å². The Labute approximate surface area is 81.3 Å². The first-order valence-electron chi connectivity index (χ1n) is 3.47. The summed E-state index contributed by atoms with van der Waals surface area (Å²) in [7, 11) is 0. The summed E-state index contributed by atoms with van der Waals surface area (Å²) in [5.74, 6) is -0.277. The van der Waals surface area contributed by atoms with Crippen LogP contribution in [0.15, 0.2) is 18.2 Å². The van der Waals surface area contributed by atoms with Gasteiger partial charge in [-0.1, -0.05) is 30.1 Å². The first kappa shape index (κ1) is 9.56. The zero-order valence-corrected chi connectivity index (χ0v) is 7.99. The van der Waals surface area contributed by atoms with Crippen LogP contribution < -0.4 is 0 Å². The molecule has 1 atom stereocenters. The largest absolute Gasteiger partial charge is 0.290 e. The average molecular weight is 202 g/mol. The molecule has 0 bridgehead atoms. The van der Waals surface area contributed by atoms with Gasteiger partial charge in [0.1, 0.15) is 0 Å². The van der Waals surface area contributed by atoms with Crippen LogP contribution in [0, 0.1) is 0 Å². The zero-order valence-electron chi connectivity index (χ0n) is 6.47. The molecule has 0 aliphatic heterocycles. The number of rotatable bonds is 2. The Balaban J connectivity index is 3.08. The molecule has 0 fully saturated rings. The third-order valence-electron chi connectivity index (χ3n) is 1.56. The van der Waals surface area contributed by atoms with Crippen LogP contribution in [0.25, 0.3) is 0 Å². The van der Waals surface area contributed by atoms with E-state index < -0.39 is 0 Å². The van der Waals surface area contributed by atoms with Crippen LogP contribution in [-0.4, -0.2) is 6.29 Å². The smallest absolute Gasteiger partial charge is 0.206 e. The van der Waals surface area contributed by atoms with E-state index in [1.54, 1.807) is 25.1 Å². The fraction of sp³-hybridized carbons (Fsp3) is 0.222. The predicted octanol–water partition coefficient (Wildman–Crippen LogP) is 3.21. The molecule has 1 aromatic carbocycles. The van der Waals surface area contributed by atoms with Gasteiger partial charge in [-0.05, 0) is 23.8 Å². The highest BCUT2D eigenvalue weighted by Crippen LogP contribution is 2.23. The van der Waals surface area contributed by atoms with Crippen LogP contribution in [-0.2, 0) is 4.79 Å². The molecular weight excluding hydrogens is 195 g/mol.